The zero-order valence-electron chi connectivity index (χ0n) is 10.8. The first-order valence-corrected chi connectivity index (χ1v) is 7.93. The molecule has 5 nitrogen and oxygen atoms in total. The van der Waals surface area contributed by atoms with Gasteiger partial charge in [-0.2, -0.15) is 5.26 Å². The molecule has 0 radical (unpaired) electrons. The second-order valence-corrected chi connectivity index (χ2v) is 6.57. The van der Waals surface area contributed by atoms with E-state index in [1.165, 1.54) is 30.3 Å². The molecule has 0 unspecified atom stereocenters. The number of nitrogens with zero attached hydrogens (tertiary/aromatic N) is 2. The monoisotopic (exact) mass is 341 g/mol. The van der Waals surface area contributed by atoms with E-state index in [2.05, 4.69) is 9.71 Å². The van der Waals surface area contributed by atoms with Crippen molar-refractivity contribution in [1.82, 2.24) is 4.98 Å². The summed E-state index contributed by atoms with van der Waals surface area (Å²) in [6.45, 7) is 1.62. The van der Waals surface area contributed by atoms with Crippen molar-refractivity contribution in [2.75, 3.05) is 4.72 Å². The predicted molar refractivity (Wildman–Crippen MR) is 81.0 cm³/mol. The highest BCUT2D eigenvalue weighted by atomic mass is 35.5. The van der Waals surface area contributed by atoms with Crippen molar-refractivity contribution in [3.8, 4) is 6.07 Å². The lowest BCUT2D eigenvalue weighted by Gasteiger charge is -2.11. The molecule has 0 saturated heterocycles. The summed E-state index contributed by atoms with van der Waals surface area (Å²) in [5.41, 5.74) is 0.919. The van der Waals surface area contributed by atoms with Crippen LogP contribution in [0.3, 0.4) is 0 Å². The van der Waals surface area contributed by atoms with E-state index in [1.54, 1.807) is 6.92 Å². The third-order valence-electron chi connectivity index (χ3n) is 2.65. The van der Waals surface area contributed by atoms with E-state index >= 15 is 0 Å². The van der Waals surface area contributed by atoms with Gasteiger partial charge in [-0.25, -0.2) is 13.4 Å². The fourth-order valence-corrected chi connectivity index (χ4v) is 3.45. The topological polar surface area (TPSA) is 82.8 Å². The second kappa shape index (κ2) is 5.90. The average molecular weight is 342 g/mol. The molecule has 1 aromatic heterocycles. The third-order valence-corrected chi connectivity index (χ3v) is 4.70. The molecule has 108 valence electrons. The highest BCUT2D eigenvalue weighted by molar-refractivity contribution is 7.92. The van der Waals surface area contributed by atoms with Crippen LogP contribution in [0, 0.1) is 18.3 Å². The van der Waals surface area contributed by atoms with Crippen LogP contribution in [-0.4, -0.2) is 13.4 Å². The summed E-state index contributed by atoms with van der Waals surface area (Å²) in [6, 6.07) is 8.86. The summed E-state index contributed by atoms with van der Waals surface area (Å²) < 4.78 is 27.1. The van der Waals surface area contributed by atoms with E-state index in [0.717, 1.165) is 0 Å². The summed E-state index contributed by atoms with van der Waals surface area (Å²) in [4.78, 5) is 3.79. The van der Waals surface area contributed by atoms with Crippen molar-refractivity contribution in [2.45, 2.75) is 11.8 Å². The summed E-state index contributed by atoms with van der Waals surface area (Å²) in [7, 11) is -3.93. The number of pyridine rings is 1. The number of aryl methyl sites for hydroxylation is 1. The van der Waals surface area contributed by atoms with E-state index in [4.69, 9.17) is 28.5 Å². The quantitative estimate of drug-likeness (QED) is 0.867. The van der Waals surface area contributed by atoms with Crippen LogP contribution in [0.25, 0.3) is 0 Å². The summed E-state index contributed by atoms with van der Waals surface area (Å²) in [5, 5.41) is 9.14. The fourth-order valence-electron chi connectivity index (χ4n) is 1.62. The van der Waals surface area contributed by atoms with Gasteiger partial charge in [-0.05, 0) is 37.3 Å². The minimum Gasteiger partial charge on any atom is -0.278 e. The minimum atomic E-state index is -3.93. The van der Waals surface area contributed by atoms with Gasteiger partial charge >= 0.3 is 0 Å². The van der Waals surface area contributed by atoms with E-state index in [0.29, 0.717) is 5.69 Å². The van der Waals surface area contributed by atoms with Crippen molar-refractivity contribution >= 4 is 38.9 Å². The molecular weight excluding hydrogens is 333 g/mol. The maximum absolute atomic E-state index is 12.4. The van der Waals surface area contributed by atoms with Crippen molar-refractivity contribution in [3.63, 3.8) is 0 Å². The number of aromatic nitrogens is 1. The Morgan fingerprint density at radius 1 is 1.24 bits per heavy atom. The lowest BCUT2D eigenvalue weighted by atomic mass is 10.2. The van der Waals surface area contributed by atoms with Crippen molar-refractivity contribution in [1.29, 1.82) is 5.26 Å². The number of hydrogen-bond acceptors (Lipinski definition) is 4. The van der Waals surface area contributed by atoms with Gasteiger partial charge in [0, 0.05) is 0 Å². The lowest BCUT2D eigenvalue weighted by Crippen LogP contribution is -2.15. The minimum absolute atomic E-state index is 0.0288. The van der Waals surface area contributed by atoms with E-state index in [1.807, 2.05) is 6.07 Å². The van der Waals surface area contributed by atoms with Crippen LogP contribution in [0.4, 0.5) is 5.69 Å². The number of rotatable bonds is 3. The number of sulfonamides is 1. The molecule has 2 rings (SSSR count). The first-order valence-electron chi connectivity index (χ1n) is 5.69. The summed E-state index contributed by atoms with van der Waals surface area (Å²) >= 11 is 11.6. The summed E-state index contributed by atoms with van der Waals surface area (Å²) in [5.74, 6) is 0. The number of nitriles is 1. The molecule has 21 heavy (non-hydrogen) atoms. The number of nitrogens with one attached hydrogen (secondary N) is 1. The van der Waals surface area contributed by atoms with E-state index < -0.39 is 10.0 Å². The van der Waals surface area contributed by atoms with Crippen LogP contribution in [-0.2, 0) is 10.0 Å². The van der Waals surface area contributed by atoms with Gasteiger partial charge in [0.05, 0.1) is 28.0 Å². The standard InChI is InChI=1S/C13H9Cl2N3O2S/c1-8-11(4-5-13(15)17-8)18-21(19,20)12-6-9(7-16)2-3-10(12)14/h2-6,18H,1H3. The van der Waals surface area contributed by atoms with Crippen LogP contribution >= 0.6 is 23.2 Å². The summed E-state index contributed by atoms with van der Waals surface area (Å²) in [6.07, 6.45) is 0. The number of anilines is 1. The van der Waals surface area contributed by atoms with E-state index in [-0.39, 0.29) is 26.3 Å². The average Bonchev–Trinajstić information content (AvgIpc) is 2.42. The fraction of sp³-hybridized carbons (Fsp3) is 0.0769. The van der Waals surface area contributed by atoms with Crippen LogP contribution < -0.4 is 4.72 Å². The number of benzene rings is 1. The van der Waals surface area contributed by atoms with Crippen LogP contribution in [0.5, 0.6) is 0 Å². The SMILES string of the molecule is Cc1nc(Cl)ccc1NS(=O)(=O)c1cc(C#N)ccc1Cl. The Hall–Kier alpha value is -1.81. The Balaban J connectivity index is 2.46. The smallest absolute Gasteiger partial charge is 0.263 e. The van der Waals surface area contributed by atoms with Gasteiger partial charge in [0.1, 0.15) is 10.0 Å². The van der Waals surface area contributed by atoms with Crippen molar-refractivity contribution in [3.05, 3.63) is 51.8 Å². The van der Waals surface area contributed by atoms with E-state index in [9.17, 15) is 8.42 Å². The largest absolute Gasteiger partial charge is 0.278 e. The Morgan fingerprint density at radius 2 is 1.95 bits per heavy atom. The zero-order chi connectivity index (χ0) is 15.6. The molecule has 1 aromatic carbocycles. The molecule has 8 heteroatoms. The molecule has 0 fully saturated rings. The molecule has 0 aliphatic rings. The van der Waals surface area contributed by atoms with Gasteiger partial charge in [-0.15, -0.1) is 0 Å². The van der Waals surface area contributed by atoms with Gasteiger partial charge in [0.25, 0.3) is 10.0 Å². The van der Waals surface area contributed by atoms with Crippen molar-refractivity contribution in [2.24, 2.45) is 0 Å². The molecule has 0 aliphatic heterocycles. The molecule has 2 aromatic rings. The van der Waals surface area contributed by atoms with Crippen molar-refractivity contribution < 1.29 is 8.42 Å². The normalized spacial score (nSPS) is 11.0. The lowest BCUT2D eigenvalue weighted by molar-refractivity contribution is 0.601. The Kier molecular flexibility index (Phi) is 4.37. The van der Waals surface area contributed by atoms with Gasteiger partial charge in [-0.1, -0.05) is 23.2 Å². The Labute approximate surface area is 132 Å². The number of hydrogen-bond donors (Lipinski definition) is 1. The first-order chi connectivity index (χ1) is 9.83. The first kappa shape index (κ1) is 15.6. The molecule has 0 amide bonds. The van der Waals surface area contributed by atoms with Gasteiger partial charge in [0.15, 0.2) is 0 Å². The highest BCUT2D eigenvalue weighted by Gasteiger charge is 2.20. The third kappa shape index (κ3) is 3.45. The predicted octanol–water partition coefficient (Wildman–Crippen LogP) is 3.37. The van der Waals surface area contributed by atoms with Gasteiger partial charge < -0.3 is 0 Å². The molecule has 0 bridgehead atoms. The molecule has 0 aliphatic carbocycles. The van der Waals surface area contributed by atoms with Gasteiger partial charge in [-0.3, -0.25) is 4.72 Å². The van der Waals surface area contributed by atoms with Gasteiger partial charge in [0.2, 0.25) is 0 Å². The Morgan fingerprint density at radius 3 is 2.57 bits per heavy atom. The number of halogens is 2. The highest BCUT2D eigenvalue weighted by Crippen LogP contribution is 2.26. The Bertz CT molecular complexity index is 845. The zero-order valence-corrected chi connectivity index (χ0v) is 13.1. The van der Waals surface area contributed by atoms with Crippen LogP contribution in [0.15, 0.2) is 35.2 Å². The van der Waals surface area contributed by atoms with Crippen LogP contribution in [0.1, 0.15) is 11.3 Å². The molecule has 1 heterocycles. The molecule has 0 atom stereocenters. The molecule has 0 spiro atoms. The molecule has 1 N–H and O–H groups in total. The van der Waals surface area contributed by atoms with Crippen LogP contribution in [0.2, 0.25) is 10.2 Å². The molecule has 0 saturated carbocycles. The molecular formula is C13H9Cl2N3O2S. The maximum Gasteiger partial charge on any atom is 0.263 e. The second-order valence-electron chi connectivity index (χ2n) is 4.13. The maximum atomic E-state index is 12.4.